The molecule has 18 heavy (non-hydrogen) atoms. The molecule has 0 aromatic carbocycles. The summed E-state index contributed by atoms with van der Waals surface area (Å²) in [5.41, 5.74) is 1.53. The minimum atomic E-state index is -0.0472. The third-order valence-corrected chi connectivity index (χ3v) is 6.09. The van der Waals surface area contributed by atoms with Crippen LogP contribution in [0.25, 0.3) is 9.88 Å². The van der Waals surface area contributed by atoms with Crippen LogP contribution >= 0.6 is 34.3 Å². The fraction of sp³-hybridized carbons (Fsp3) is 0.538. The summed E-state index contributed by atoms with van der Waals surface area (Å²) in [6.45, 7) is 1.94. The molecule has 5 heteroatoms. The second-order valence-electron chi connectivity index (χ2n) is 4.68. The molecule has 1 aliphatic rings. The number of alkyl halides is 1. The van der Waals surface area contributed by atoms with Crippen molar-refractivity contribution in [1.82, 2.24) is 10.2 Å². The van der Waals surface area contributed by atoms with E-state index in [4.69, 9.17) is 11.6 Å². The summed E-state index contributed by atoms with van der Waals surface area (Å²) >= 11 is 9.55. The molecule has 1 atom stereocenters. The van der Waals surface area contributed by atoms with Crippen molar-refractivity contribution in [2.24, 2.45) is 0 Å². The maximum atomic E-state index is 6.04. The fourth-order valence-electron chi connectivity index (χ4n) is 2.27. The van der Waals surface area contributed by atoms with Crippen LogP contribution in [0.4, 0.5) is 0 Å². The summed E-state index contributed by atoms with van der Waals surface area (Å²) < 4.78 is 0. The molecular weight excluding hydrogens is 284 g/mol. The minimum absolute atomic E-state index is 0.0472. The van der Waals surface area contributed by atoms with Gasteiger partial charge in [0.25, 0.3) is 0 Å². The predicted molar refractivity (Wildman–Crippen MR) is 78.7 cm³/mol. The molecule has 0 aliphatic heterocycles. The van der Waals surface area contributed by atoms with Gasteiger partial charge >= 0.3 is 0 Å². The molecule has 2 aromatic rings. The molecule has 1 aliphatic carbocycles. The van der Waals surface area contributed by atoms with Crippen LogP contribution in [0.2, 0.25) is 0 Å². The second-order valence-corrected chi connectivity index (χ2v) is 7.48. The van der Waals surface area contributed by atoms with E-state index in [2.05, 4.69) is 16.3 Å². The Hall–Kier alpha value is -0.450. The molecule has 0 radical (unpaired) electrons. The number of aryl methyl sites for hydroxylation is 2. The lowest BCUT2D eigenvalue weighted by atomic mass is 10.1. The minimum Gasteiger partial charge on any atom is -0.142 e. The first kappa shape index (κ1) is 12.6. The molecule has 2 nitrogen and oxygen atoms in total. The quantitative estimate of drug-likeness (QED) is 0.586. The summed E-state index contributed by atoms with van der Waals surface area (Å²) in [6.07, 6.45) is 6.47. The van der Waals surface area contributed by atoms with Gasteiger partial charge in [-0.05, 0) is 44.2 Å². The molecule has 0 amide bonds. The average molecular weight is 299 g/mol. The van der Waals surface area contributed by atoms with Gasteiger partial charge in [-0.2, -0.15) is 0 Å². The summed E-state index contributed by atoms with van der Waals surface area (Å²) in [5, 5.41) is 10.3. The van der Waals surface area contributed by atoms with Crippen LogP contribution in [0.3, 0.4) is 0 Å². The highest BCUT2D eigenvalue weighted by Crippen LogP contribution is 2.37. The molecule has 1 unspecified atom stereocenters. The number of halogens is 1. The van der Waals surface area contributed by atoms with Gasteiger partial charge in [-0.25, -0.2) is 0 Å². The van der Waals surface area contributed by atoms with Crippen LogP contribution in [0, 0.1) is 0 Å². The zero-order valence-corrected chi connectivity index (χ0v) is 12.7. The van der Waals surface area contributed by atoms with E-state index in [1.54, 1.807) is 16.2 Å². The maximum Gasteiger partial charge on any atom is 0.157 e. The third kappa shape index (κ3) is 2.46. The molecule has 0 bridgehead atoms. The molecule has 0 spiro atoms. The smallest absolute Gasteiger partial charge is 0.142 e. The van der Waals surface area contributed by atoms with Crippen LogP contribution in [-0.2, 0) is 12.8 Å². The molecule has 0 saturated heterocycles. The van der Waals surface area contributed by atoms with Gasteiger partial charge < -0.3 is 0 Å². The van der Waals surface area contributed by atoms with Crippen LogP contribution in [-0.4, -0.2) is 10.2 Å². The van der Waals surface area contributed by atoms with Crippen molar-refractivity contribution >= 4 is 34.3 Å². The zero-order valence-electron chi connectivity index (χ0n) is 10.3. The first-order chi connectivity index (χ1) is 8.74. The van der Waals surface area contributed by atoms with Gasteiger partial charge in [0.1, 0.15) is 5.01 Å². The molecule has 96 valence electrons. The Labute approximate surface area is 120 Å². The Kier molecular flexibility index (Phi) is 3.68. The van der Waals surface area contributed by atoms with E-state index in [0.29, 0.717) is 0 Å². The van der Waals surface area contributed by atoms with E-state index >= 15 is 0 Å². The molecule has 3 rings (SSSR count). The number of thiophene rings is 1. The van der Waals surface area contributed by atoms with Gasteiger partial charge in [0.2, 0.25) is 0 Å². The van der Waals surface area contributed by atoms with Crippen molar-refractivity contribution in [2.75, 3.05) is 0 Å². The molecule has 2 aromatic heterocycles. The summed E-state index contributed by atoms with van der Waals surface area (Å²) in [4.78, 5) is 2.82. The normalized spacial score (nSPS) is 17.2. The van der Waals surface area contributed by atoms with Crippen molar-refractivity contribution in [3.05, 3.63) is 21.5 Å². The largest absolute Gasteiger partial charge is 0.157 e. The van der Waals surface area contributed by atoms with Crippen molar-refractivity contribution in [2.45, 2.75) is 44.4 Å². The van der Waals surface area contributed by atoms with Gasteiger partial charge in [-0.15, -0.1) is 33.1 Å². The number of rotatable bonds is 2. The molecule has 2 heterocycles. The number of fused-ring (bicyclic) bond motifs is 1. The van der Waals surface area contributed by atoms with Crippen molar-refractivity contribution in [1.29, 1.82) is 0 Å². The predicted octanol–water partition coefficient (Wildman–Crippen LogP) is 4.84. The average Bonchev–Trinajstić information content (AvgIpc) is 2.92. The molecule has 0 N–H and O–H groups in total. The Morgan fingerprint density at radius 1 is 1.17 bits per heavy atom. The third-order valence-electron chi connectivity index (χ3n) is 3.24. The lowest BCUT2D eigenvalue weighted by Crippen LogP contribution is -1.81. The van der Waals surface area contributed by atoms with Crippen LogP contribution in [0.1, 0.15) is 47.0 Å². The SMILES string of the molecule is CC(Cl)c1nnc(-c2cc3c(s2)CCCCC3)s1. The number of hydrogen-bond acceptors (Lipinski definition) is 4. The van der Waals surface area contributed by atoms with Crippen molar-refractivity contribution in [3.63, 3.8) is 0 Å². The lowest BCUT2D eigenvalue weighted by Gasteiger charge is -1.92. The van der Waals surface area contributed by atoms with E-state index < -0.39 is 0 Å². The van der Waals surface area contributed by atoms with E-state index in [-0.39, 0.29) is 5.38 Å². The molecular formula is C13H15ClN2S2. The fourth-order valence-corrected chi connectivity index (χ4v) is 4.51. The zero-order chi connectivity index (χ0) is 12.5. The van der Waals surface area contributed by atoms with Crippen LogP contribution < -0.4 is 0 Å². The van der Waals surface area contributed by atoms with Crippen LogP contribution in [0.15, 0.2) is 6.07 Å². The highest BCUT2D eigenvalue weighted by Gasteiger charge is 2.16. The summed E-state index contributed by atoms with van der Waals surface area (Å²) in [5.74, 6) is 0. The number of aromatic nitrogens is 2. The Morgan fingerprint density at radius 2 is 2.00 bits per heavy atom. The van der Waals surface area contributed by atoms with Gasteiger partial charge in [-0.3, -0.25) is 0 Å². The molecule has 0 saturated carbocycles. The monoisotopic (exact) mass is 298 g/mol. The van der Waals surface area contributed by atoms with Crippen molar-refractivity contribution in [3.8, 4) is 9.88 Å². The number of hydrogen-bond donors (Lipinski definition) is 0. The van der Waals surface area contributed by atoms with E-state index in [9.17, 15) is 0 Å². The van der Waals surface area contributed by atoms with Gasteiger partial charge in [0.05, 0.1) is 10.3 Å². The van der Waals surface area contributed by atoms with E-state index in [0.717, 1.165) is 10.0 Å². The topological polar surface area (TPSA) is 25.8 Å². The lowest BCUT2D eigenvalue weighted by molar-refractivity contribution is 0.713. The first-order valence-corrected chi connectivity index (χ1v) is 8.40. The van der Waals surface area contributed by atoms with Crippen molar-refractivity contribution < 1.29 is 0 Å². The summed E-state index contributed by atoms with van der Waals surface area (Å²) in [7, 11) is 0. The van der Waals surface area contributed by atoms with E-state index in [1.807, 2.05) is 18.3 Å². The van der Waals surface area contributed by atoms with Crippen LogP contribution in [0.5, 0.6) is 0 Å². The van der Waals surface area contributed by atoms with Gasteiger partial charge in [-0.1, -0.05) is 17.8 Å². The standard InChI is InChI=1S/C13H15ClN2S2/c1-8(14)12-15-16-13(18-12)11-7-9-5-3-2-4-6-10(9)17-11/h7-8H,2-6H2,1H3. The highest BCUT2D eigenvalue weighted by molar-refractivity contribution is 7.21. The number of nitrogens with zero attached hydrogens (tertiary/aromatic N) is 2. The summed E-state index contributed by atoms with van der Waals surface area (Å²) in [6, 6.07) is 2.31. The van der Waals surface area contributed by atoms with Gasteiger partial charge in [0.15, 0.2) is 5.01 Å². The maximum absolute atomic E-state index is 6.04. The Bertz CT molecular complexity index is 521. The Morgan fingerprint density at radius 3 is 2.78 bits per heavy atom. The molecule has 0 fully saturated rings. The Balaban J connectivity index is 1.92. The highest BCUT2D eigenvalue weighted by atomic mass is 35.5. The second kappa shape index (κ2) is 5.27. The van der Waals surface area contributed by atoms with E-state index in [1.165, 1.54) is 42.5 Å². The first-order valence-electron chi connectivity index (χ1n) is 6.33. The van der Waals surface area contributed by atoms with Gasteiger partial charge in [0, 0.05) is 4.88 Å².